The summed E-state index contributed by atoms with van der Waals surface area (Å²) in [4.78, 5) is 7.55. The summed E-state index contributed by atoms with van der Waals surface area (Å²) in [7, 11) is 0. The van der Waals surface area contributed by atoms with Gasteiger partial charge in [-0.15, -0.1) is 0 Å². The van der Waals surface area contributed by atoms with E-state index in [0.717, 1.165) is 18.4 Å². The van der Waals surface area contributed by atoms with Crippen LogP contribution in [0, 0.1) is 0 Å². The highest BCUT2D eigenvalue weighted by molar-refractivity contribution is 6.28. The maximum atomic E-state index is 9.62. The van der Waals surface area contributed by atoms with E-state index in [9.17, 15) is 5.11 Å². The van der Waals surface area contributed by atoms with E-state index in [1.54, 1.807) is 0 Å². The number of halogens is 1. The van der Waals surface area contributed by atoms with E-state index in [1.807, 2.05) is 0 Å². The molecule has 0 radical (unpaired) electrons. The number of anilines is 1. The van der Waals surface area contributed by atoms with Gasteiger partial charge >= 0.3 is 0 Å². The van der Waals surface area contributed by atoms with Crippen LogP contribution in [0.15, 0.2) is 11.8 Å². The lowest BCUT2D eigenvalue weighted by molar-refractivity contribution is 0.506. The highest BCUT2D eigenvalue weighted by Gasteiger charge is 2.21. The molecule has 1 aliphatic rings. The van der Waals surface area contributed by atoms with Gasteiger partial charge in [0, 0.05) is 0 Å². The van der Waals surface area contributed by atoms with Crippen LogP contribution in [-0.2, 0) is 0 Å². The zero-order valence-corrected chi connectivity index (χ0v) is 7.54. The molecule has 0 saturated heterocycles. The smallest absolute Gasteiger partial charge is 0.223 e. The van der Waals surface area contributed by atoms with Gasteiger partial charge in [0.1, 0.15) is 11.5 Å². The van der Waals surface area contributed by atoms with Gasteiger partial charge in [0.15, 0.2) is 0 Å². The van der Waals surface area contributed by atoms with Crippen LogP contribution in [-0.4, -0.2) is 15.1 Å². The fourth-order valence-electron chi connectivity index (χ4n) is 1.03. The van der Waals surface area contributed by atoms with Crippen LogP contribution in [0.5, 0.6) is 0 Å². The number of nitrogen functional groups attached to an aromatic ring is 1. The predicted molar refractivity (Wildman–Crippen MR) is 50.2 cm³/mol. The number of aliphatic hydroxyl groups excluding tert-OH is 1. The first kappa shape index (κ1) is 8.31. The molecule has 1 heterocycles. The molecule has 1 fully saturated rings. The first-order valence-corrected chi connectivity index (χ1v) is 4.25. The van der Waals surface area contributed by atoms with E-state index in [4.69, 9.17) is 17.3 Å². The molecular formula is C8H8ClN3O. The van der Waals surface area contributed by atoms with E-state index in [2.05, 4.69) is 9.97 Å². The molecule has 0 aromatic carbocycles. The number of hydrogen-bond acceptors (Lipinski definition) is 4. The van der Waals surface area contributed by atoms with Crippen LogP contribution in [0.25, 0.3) is 5.76 Å². The second-order valence-corrected chi connectivity index (χ2v) is 3.23. The summed E-state index contributed by atoms with van der Waals surface area (Å²) < 4.78 is 0. The lowest BCUT2D eigenvalue weighted by atomic mass is 10.3. The van der Waals surface area contributed by atoms with Gasteiger partial charge < -0.3 is 10.8 Å². The Labute approximate surface area is 80.1 Å². The van der Waals surface area contributed by atoms with Crippen molar-refractivity contribution >= 4 is 23.0 Å². The molecule has 68 valence electrons. The van der Waals surface area contributed by atoms with Crippen LogP contribution in [0.3, 0.4) is 0 Å². The van der Waals surface area contributed by atoms with Crippen molar-refractivity contribution in [1.82, 2.24) is 9.97 Å². The molecule has 5 heteroatoms. The van der Waals surface area contributed by atoms with Crippen molar-refractivity contribution in [1.29, 1.82) is 0 Å². The molecule has 0 amide bonds. The highest BCUT2D eigenvalue weighted by Crippen LogP contribution is 2.35. The number of nitrogens with two attached hydrogens (primary N) is 1. The van der Waals surface area contributed by atoms with Crippen molar-refractivity contribution in [2.75, 3.05) is 5.73 Å². The van der Waals surface area contributed by atoms with Gasteiger partial charge in [0.25, 0.3) is 0 Å². The number of aliphatic hydroxyl groups is 1. The fraction of sp³-hybridized carbons (Fsp3) is 0.250. The highest BCUT2D eigenvalue weighted by atomic mass is 35.5. The Balaban J connectivity index is 2.50. The maximum absolute atomic E-state index is 9.62. The molecule has 1 aromatic heterocycles. The summed E-state index contributed by atoms with van der Waals surface area (Å²) in [5, 5.41) is 9.71. The third-order valence-electron chi connectivity index (χ3n) is 1.85. The Bertz CT molecular complexity index is 383. The van der Waals surface area contributed by atoms with E-state index in [-0.39, 0.29) is 11.0 Å². The van der Waals surface area contributed by atoms with Gasteiger partial charge in [-0.1, -0.05) is 0 Å². The Morgan fingerprint density at radius 3 is 2.85 bits per heavy atom. The summed E-state index contributed by atoms with van der Waals surface area (Å²) in [6, 6.07) is 0. The number of nitrogens with zero attached hydrogens (tertiary/aromatic N) is 2. The van der Waals surface area contributed by atoms with E-state index >= 15 is 0 Å². The standard InChI is InChI=1S/C8H8ClN3O/c9-8-11-3-5(10)6(12-8)7(13)4-1-2-4/h3,13H,1-2,10H2. The average molecular weight is 198 g/mol. The maximum Gasteiger partial charge on any atom is 0.223 e. The van der Waals surface area contributed by atoms with E-state index in [1.165, 1.54) is 6.20 Å². The number of allylic oxidation sites excluding steroid dienone is 1. The Morgan fingerprint density at radius 2 is 2.23 bits per heavy atom. The van der Waals surface area contributed by atoms with Crippen LogP contribution in [0.1, 0.15) is 18.5 Å². The molecular weight excluding hydrogens is 190 g/mol. The average Bonchev–Trinajstić information content (AvgIpc) is 2.91. The van der Waals surface area contributed by atoms with Crippen molar-refractivity contribution in [3.8, 4) is 0 Å². The van der Waals surface area contributed by atoms with E-state index in [0.29, 0.717) is 11.4 Å². The molecule has 0 bridgehead atoms. The lowest BCUT2D eigenvalue weighted by Gasteiger charge is -2.02. The molecule has 4 nitrogen and oxygen atoms in total. The van der Waals surface area contributed by atoms with Crippen molar-refractivity contribution in [3.63, 3.8) is 0 Å². The molecule has 3 N–H and O–H groups in total. The van der Waals surface area contributed by atoms with Gasteiger partial charge in [-0.25, -0.2) is 9.97 Å². The summed E-state index contributed by atoms with van der Waals surface area (Å²) in [6.07, 6.45) is 3.21. The topological polar surface area (TPSA) is 72.0 Å². The van der Waals surface area contributed by atoms with Crippen molar-refractivity contribution < 1.29 is 5.11 Å². The van der Waals surface area contributed by atoms with Gasteiger partial charge in [0.2, 0.25) is 5.28 Å². The van der Waals surface area contributed by atoms with Crippen molar-refractivity contribution in [2.45, 2.75) is 12.8 Å². The second-order valence-electron chi connectivity index (χ2n) is 2.90. The number of hydrogen-bond donors (Lipinski definition) is 2. The Morgan fingerprint density at radius 1 is 1.54 bits per heavy atom. The van der Waals surface area contributed by atoms with Crippen LogP contribution < -0.4 is 5.73 Å². The molecule has 13 heavy (non-hydrogen) atoms. The molecule has 0 unspecified atom stereocenters. The van der Waals surface area contributed by atoms with Gasteiger partial charge in [0.05, 0.1) is 11.9 Å². The zero-order chi connectivity index (χ0) is 9.42. The lowest BCUT2D eigenvalue weighted by Crippen LogP contribution is -1.99. The molecule has 0 spiro atoms. The summed E-state index contributed by atoms with van der Waals surface area (Å²) >= 11 is 5.57. The third kappa shape index (κ3) is 1.58. The van der Waals surface area contributed by atoms with Crippen LogP contribution >= 0.6 is 11.6 Å². The predicted octanol–water partition coefficient (Wildman–Crippen LogP) is 1.78. The summed E-state index contributed by atoms with van der Waals surface area (Å²) in [6.45, 7) is 0. The SMILES string of the molecule is Nc1cnc(Cl)nc1C(O)=C1CC1. The molecule has 0 atom stereocenters. The van der Waals surface area contributed by atoms with Crippen LogP contribution in [0.2, 0.25) is 5.28 Å². The normalized spacial score (nSPS) is 14.4. The largest absolute Gasteiger partial charge is 0.506 e. The quantitative estimate of drug-likeness (QED) is 0.532. The molecule has 0 aliphatic heterocycles. The van der Waals surface area contributed by atoms with Gasteiger partial charge in [-0.05, 0) is 30.0 Å². The van der Waals surface area contributed by atoms with Crippen molar-refractivity contribution in [3.05, 3.63) is 22.7 Å². The second kappa shape index (κ2) is 2.88. The number of aromatic nitrogens is 2. The molecule has 2 rings (SSSR count). The minimum atomic E-state index is 0.0944. The Hall–Kier alpha value is -1.29. The molecule has 1 aromatic rings. The van der Waals surface area contributed by atoms with Crippen LogP contribution in [0.4, 0.5) is 5.69 Å². The zero-order valence-electron chi connectivity index (χ0n) is 6.79. The first-order chi connectivity index (χ1) is 6.18. The molecule has 1 aliphatic carbocycles. The third-order valence-corrected chi connectivity index (χ3v) is 2.03. The van der Waals surface area contributed by atoms with Gasteiger partial charge in [-0.2, -0.15) is 0 Å². The Kier molecular flexibility index (Phi) is 1.84. The first-order valence-electron chi connectivity index (χ1n) is 3.88. The minimum absolute atomic E-state index is 0.0944. The summed E-state index contributed by atoms with van der Waals surface area (Å²) in [5.74, 6) is 0.154. The number of rotatable bonds is 1. The summed E-state index contributed by atoms with van der Waals surface area (Å²) in [5.41, 5.74) is 7.24. The van der Waals surface area contributed by atoms with E-state index < -0.39 is 0 Å². The monoisotopic (exact) mass is 197 g/mol. The van der Waals surface area contributed by atoms with Crippen molar-refractivity contribution in [2.24, 2.45) is 0 Å². The fourth-order valence-corrected chi connectivity index (χ4v) is 1.16. The minimum Gasteiger partial charge on any atom is -0.506 e. The van der Waals surface area contributed by atoms with Gasteiger partial charge in [-0.3, -0.25) is 0 Å². The molecule has 1 saturated carbocycles.